The fraction of sp³-hybridized carbons (Fsp3) is 0.538. The molecule has 2 aliphatic rings. The lowest BCUT2D eigenvalue weighted by Gasteiger charge is -2.32. The Labute approximate surface area is 81.0 Å². The number of allylic oxidation sites excluding steroid dienone is 6. The second-order valence-electron chi connectivity index (χ2n) is 4.42. The van der Waals surface area contributed by atoms with Crippen molar-refractivity contribution in [2.75, 3.05) is 0 Å². The van der Waals surface area contributed by atoms with Gasteiger partial charge in [-0.05, 0) is 24.7 Å². The third-order valence-corrected chi connectivity index (χ3v) is 3.18. The molecule has 0 amide bonds. The van der Waals surface area contributed by atoms with E-state index in [1.54, 1.807) is 5.57 Å². The molecule has 13 heavy (non-hydrogen) atoms. The van der Waals surface area contributed by atoms with Gasteiger partial charge in [-0.15, -0.1) is 0 Å². The molecule has 0 radical (unpaired) electrons. The van der Waals surface area contributed by atoms with Crippen LogP contribution in [0.15, 0.2) is 36.0 Å². The molecule has 0 fully saturated rings. The van der Waals surface area contributed by atoms with E-state index in [1.165, 1.54) is 6.42 Å². The van der Waals surface area contributed by atoms with Crippen LogP contribution in [0.5, 0.6) is 0 Å². The van der Waals surface area contributed by atoms with Crippen molar-refractivity contribution in [3.05, 3.63) is 36.0 Å². The summed E-state index contributed by atoms with van der Waals surface area (Å²) in [5.41, 5.74) is 1.64. The zero-order valence-electron chi connectivity index (χ0n) is 8.53. The highest BCUT2D eigenvalue weighted by Crippen LogP contribution is 2.37. The van der Waals surface area contributed by atoms with Gasteiger partial charge in [0.2, 0.25) is 0 Å². The van der Waals surface area contributed by atoms with Gasteiger partial charge in [0.05, 0.1) is 0 Å². The Hall–Kier alpha value is -0.780. The summed E-state index contributed by atoms with van der Waals surface area (Å²) in [4.78, 5) is 0. The van der Waals surface area contributed by atoms with Gasteiger partial charge in [-0.25, -0.2) is 0 Å². The molecule has 2 aliphatic carbocycles. The van der Waals surface area contributed by atoms with Crippen LogP contribution in [0.3, 0.4) is 0 Å². The first-order valence-corrected chi connectivity index (χ1v) is 5.31. The fourth-order valence-electron chi connectivity index (χ4n) is 2.42. The van der Waals surface area contributed by atoms with E-state index in [0.29, 0.717) is 5.92 Å². The molecule has 0 aromatic rings. The van der Waals surface area contributed by atoms with Gasteiger partial charge >= 0.3 is 0 Å². The van der Waals surface area contributed by atoms with Crippen LogP contribution >= 0.6 is 0 Å². The molecule has 0 heteroatoms. The molecule has 2 rings (SSSR count). The van der Waals surface area contributed by atoms with Gasteiger partial charge in [0.25, 0.3) is 0 Å². The van der Waals surface area contributed by atoms with E-state index in [0.717, 1.165) is 18.3 Å². The SMILES string of the molecule is CC(C)C1C=CCC2=CCC=CC21. The van der Waals surface area contributed by atoms with Crippen molar-refractivity contribution in [2.45, 2.75) is 26.7 Å². The minimum absolute atomic E-state index is 0.707. The first-order valence-electron chi connectivity index (χ1n) is 5.31. The van der Waals surface area contributed by atoms with E-state index in [2.05, 4.69) is 44.2 Å². The number of hydrogen-bond acceptors (Lipinski definition) is 0. The van der Waals surface area contributed by atoms with Gasteiger partial charge in [0.15, 0.2) is 0 Å². The Morgan fingerprint density at radius 3 is 2.85 bits per heavy atom. The maximum absolute atomic E-state index is 2.41. The molecule has 2 atom stereocenters. The van der Waals surface area contributed by atoms with Crippen LogP contribution < -0.4 is 0 Å². The zero-order chi connectivity index (χ0) is 9.26. The van der Waals surface area contributed by atoms with Crippen molar-refractivity contribution < 1.29 is 0 Å². The molecule has 0 bridgehead atoms. The second kappa shape index (κ2) is 3.53. The Morgan fingerprint density at radius 1 is 1.23 bits per heavy atom. The van der Waals surface area contributed by atoms with Crippen molar-refractivity contribution in [3.63, 3.8) is 0 Å². The average molecular weight is 174 g/mol. The summed E-state index contributed by atoms with van der Waals surface area (Å²) in [7, 11) is 0. The molecule has 2 unspecified atom stereocenters. The normalized spacial score (nSPS) is 31.8. The summed E-state index contributed by atoms with van der Waals surface area (Å²) in [6.07, 6.45) is 14.2. The predicted molar refractivity (Wildman–Crippen MR) is 57.4 cm³/mol. The third-order valence-electron chi connectivity index (χ3n) is 3.18. The zero-order valence-corrected chi connectivity index (χ0v) is 8.53. The molecular formula is C13H18. The van der Waals surface area contributed by atoms with Crippen LogP contribution in [0.2, 0.25) is 0 Å². The van der Waals surface area contributed by atoms with Crippen molar-refractivity contribution >= 4 is 0 Å². The topological polar surface area (TPSA) is 0 Å². The highest BCUT2D eigenvalue weighted by molar-refractivity contribution is 5.28. The summed E-state index contributed by atoms with van der Waals surface area (Å²) in [6, 6.07) is 0. The predicted octanol–water partition coefficient (Wildman–Crippen LogP) is 3.72. The minimum atomic E-state index is 0.707. The standard InChI is InChI=1S/C13H18/c1-10(2)12-9-5-7-11-6-3-4-8-13(11)12/h4-6,8-10,12-13H,3,7H2,1-2H3. The molecule has 0 saturated carbocycles. The van der Waals surface area contributed by atoms with Gasteiger partial charge in [-0.1, -0.05) is 49.8 Å². The number of fused-ring (bicyclic) bond motifs is 1. The average Bonchev–Trinajstić information content (AvgIpc) is 2.17. The maximum Gasteiger partial charge on any atom is 0.00453 e. The second-order valence-corrected chi connectivity index (χ2v) is 4.42. The molecule has 0 aromatic carbocycles. The van der Waals surface area contributed by atoms with Crippen LogP contribution in [-0.4, -0.2) is 0 Å². The van der Waals surface area contributed by atoms with Gasteiger partial charge in [-0.3, -0.25) is 0 Å². The fourth-order valence-corrected chi connectivity index (χ4v) is 2.42. The number of rotatable bonds is 1. The minimum Gasteiger partial charge on any atom is -0.0841 e. The van der Waals surface area contributed by atoms with Crippen LogP contribution in [0.4, 0.5) is 0 Å². The summed E-state index contributed by atoms with van der Waals surface area (Å²) < 4.78 is 0. The first kappa shape index (κ1) is 8.80. The molecule has 0 nitrogen and oxygen atoms in total. The van der Waals surface area contributed by atoms with E-state index >= 15 is 0 Å². The van der Waals surface area contributed by atoms with Crippen LogP contribution in [-0.2, 0) is 0 Å². The van der Waals surface area contributed by atoms with E-state index in [1.807, 2.05) is 0 Å². The Morgan fingerprint density at radius 2 is 2.08 bits per heavy atom. The van der Waals surface area contributed by atoms with Crippen molar-refractivity contribution in [1.82, 2.24) is 0 Å². The Kier molecular flexibility index (Phi) is 2.39. The van der Waals surface area contributed by atoms with Crippen molar-refractivity contribution in [2.24, 2.45) is 17.8 Å². The van der Waals surface area contributed by atoms with Gasteiger partial charge in [0.1, 0.15) is 0 Å². The third kappa shape index (κ3) is 1.63. The largest absolute Gasteiger partial charge is 0.0841 e. The molecule has 0 aromatic heterocycles. The lowest BCUT2D eigenvalue weighted by atomic mass is 9.73. The smallest absolute Gasteiger partial charge is 0.00453 e. The van der Waals surface area contributed by atoms with Crippen LogP contribution in [0.1, 0.15) is 26.7 Å². The van der Waals surface area contributed by atoms with Crippen molar-refractivity contribution in [1.29, 1.82) is 0 Å². The quantitative estimate of drug-likeness (QED) is 0.531. The summed E-state index contributed by atoms with van der Waals surface area (Å²) in [5.74, 6) is 2.20. The molecule has 0 heterocycles. The Bertz CT molecular complexity index is 266. The lowest BCUT2D eigenvalue weighted by Crippen LogP contribution is -2.22. The summed E-state index contributed by atoms with van der Waals surface area (Å²) in [6.45, 7) is 4.64. The molecule has 0 saturated heterocycles. The highest BCUT2D eigenvalue weighted by Gasteiger charge is 2.26. The summed E-state index contributed by atoms with van der Waals surface area (Å²) in [5, 5.41) is 0. The first-order chi connectivity index (χ1) is 6.29. The Balaban J connectivity index is 2.25. The van der Waals surface area contributed by atoms with E-state index in [9.17, 15) is 0 Å². The highest BCUT2D eigenvalue weighted by atomic mass is 14.3. The van der Waals surface area contributed by atoms with E-state index in [-0.39, 0.29) is 0 Å². The van der Waals surface area contributed by atoms with Crippen molar-refractivity contribution in [3.8, 4) is 0 Å². The van der Waals surface area contributed by atoms with Crippen LogP contribution in [0.25, 0.3) is 0 Å². The molecule has 0 spiro atoms. The van der Waals surface area contributed by atoms with E-state index in [4.69, 9.17) is 0 Å². The summed E-state index contributed by atoms with van der Waals surface area (Å²) >= 11 is 0. The van der Waals surface area contributed by atoms with Gasteiger partial charge in [-0.2, -0.15) is 0 Å². The molecular weight excluding hydrogens is 156 g/mol. The molecule has 0 aliphatic heterocycles. The molecule has 70 valence electrons. The maximum atomic E-state index is 2.41. The van der Waals surface area contributed by atoms with Gasteiger partial charge < -0.3 is 0 Å². The van der Waals surface area contributed by atoms with Gasteiger partial charge in [0, 0.05) is 5.92 Å². The number of hydrogen-bond donors (Lipinski definition) is 0. The van der Waals surface area contributed by atoms with E-state index < -0.39 is 0 Å². The lowest BCUT2D eigenvalue weighted by molar-refractivity contribution is 0.383. The monoisotopic (exact) mass is 174 g/mol. The van der Waals surface area contributed by atoms with Crippen LogP contribution in [0, 0.1) is 17.8 Å². The molecule has 0 N–H and O–H groups in total.